The summed E-state index contributed by atoms with van der Waals surface area (Å²) in [5, 5.41) is 3.15. The fourth-order valence-corrected chi connectivity index (χ4v) is 5.13. The van der Waals surface area contributed by atoms with E-state index in [4.69, 9.17) is 0 Å². The topological polar surface area (TPSA) is 52.7 Å². The van der Waals surface area contributed by atoms with Crippen molar-refractivity contribution in [3.05, 3.63) is 65.5 Å². The van der Waals surface area contributed by atoms with Crippen LogP contribution in [0.4, 0.5) is 10.1 Å². The van der Waals surface area contributed by atoms with Crippen LogP contribution >= 0.6 is 0 Å². The number of benzene rings is 2. The molecule has 4 rings (SSSR count). The number of piperazine rings is 1. The molecule has 6 heteroatoms. The van der Waals surface area contributed by atoms with Gasteiger partial charge in [-0.05, 0) is 60.6 Å². The van der Waals surface area contributed by atoms with Gasteiger partial charge in [-0.3, -0.25) is 14.5 Å². The van der Waals surface area contributed by atoms with Crippen molar-refractivity contribution in [2.24, 2.45) is 5.92 Å². The zero-order valence-electron chi connectivity index (χ0n) is 19.6. The standard InChI is InChI=1S/C27H34FN3O2/c1-19(2)20-10-12-24(13-11-20)29-26(32)25(21-6-3-4-7-21)30-14-16-31(17-15-30)27(33)22-8-5-9-23(28)18-22/h5,8-13,18-19,21,25H,3-4,6-7,14-17H2,1-2H3,(H,29,32)/t25-/m0/s1. The molecule has 1 saturated heterocycles. The molecule has 1 N–H and O–H groups in total. The van der Waals surface area contributed by atoms with Crippen LogP contribution in [-0.2, 0) is 4.79 Å². The van der Waals surface area contributed by atoms with E-state index in [9.17, 15) is 14.0 Å². The Hall–Kier alpha value is -2.73. The van der Waals surface area contributed by atoms with E-state index in [-0.39, 0.29) is 17.9 Å². The quantitative estimate of drug-likeness (QED) is 0.679. The van der Waals surface area contributed by atoms with E-state index >= 15 is 0 Å². The van der Waals surface area contributed by atoms with Crippen LogP contribution in [0.2, 0.25) is 0 Å². The zero-order chi connectivity index (χ0) is 23.4. The summed E-state index contributed by atoms with van der Waals surface area (Å²) < 4.78 is 13.5. The average Bonchev–Trinajstić information content (AvgIpc) is 3.34. The molecule has 1 aliphatic heterocycles. The van der Waals surface area contributed by atoms with Crippen molar-refractivity contribution in [3.63, 3.8) is 0 Å². The maximum atomic E-state index is 13.5. The number of nitrogens with one attached hydrogen (secondary N) is 1. The van der Waals surface area contributed by atoms with Crippen molar-refractivity contribution in [1.29, 1.82) is 0 Å². The van der Waals surface area contributed by atoms with E-state index in [1.165, 1.54) is 17.7 Å². The third kappa shape index (κ3) is 5.61. The Bertz CT molecular complexity index is 962. The van der Waals surface area contributed by atoms with E-state index in [2.05, 4.69) is 36.2 Å². The minimum absolute atomic E-state index is 0.0455. The number of halogens is 1. The van der Waals surface area contributed by atoms with Crippen molar-refractivity contribution in [1.82, 2.24) is 9.80 Å². The van der Waals surface area contributed by atoms with Gasteiger partial charge in [-0.25, -0.2) is 4.39 Å². The lowest BCUT2D eigenvalue weighted by molar-refractivity contribution is -0.123. The van der Waals surface area contributed by atoms with Crippen LogP contribution < -0.4 is 5.32 Å². The number of nitrogens with zero attached hydrogens (tertiary/aromatic N) is 2. The highest BCUT2D eigenvalue weighted by atomic mass is 19.1. The largest absolute Gasteiger partial charge is 0.336 e. The van der Waals surface area contributed by atoms with Gasteiger partial charge in [0.1, 0.15) is 5.82 Å². The number of anilines is 1. The molecule has 5 nitrogen and oxygen atoms in total. The predicted molar refractivity (Wildman–Crippen MR) is 129 cm³/mol. The van der Waals surface area contributed by atoms with Crippen LogP contribution in [0, 0.1) is 11.7 Å². The van der Waals surface area contributed by atoms with E-state index in [1.807, 2.05) is 12.1 Å². The summed E-state index contributed by atoms with van der Waals surface area (Å²) >= 11 is 0. The van der Waals surface area contributed by atoms with E-state index in [0.717, 1.165) is 31.4 Å². The third-order valence-corrected chi connectivity index (χ3v) is 7.03. The van der Waals surface area contributed by atoms with Crippen LogP contribution in [0.15, 0.2) is 48.5 Å². The molecular weight excluding hydrogens is 417 g/mol. The zero-order valence-corrected chi connectivity index (χ0v) is 19.6. The van der Waals surface area contributed by atoms with E-state index < -0.39 is 5.82 Å². The van der Waals surface area contributed by atoms with E-state index in [1.54, 1.807) is 17.0 Å². The smallest absolute Gasteiger partial charge is 0.254 e. The van der Waals surface area contributed by atoms with Crippen molar-refractivity contribution >= 4 is 17.5 Å². The van der Waals surface area contributed by atoms with Gasteiger partial charge < -0.3 is 10.2 Å². The summed E-state index contributed by atoms with van der Waals surface area (Å²) in [6.07, 6.45) is 4.45. The highest BCUT2D eigenvalue weighted by Gasteiger charge is 2.37. The van der Waals surface area contributed by atoms with Crippen LogP contribution in [-0.4, -0.2) is 53.8 Å². The fraction of sp³-hybridized carbons (Fsp3) is 0.481. The summed E-state index contributed by atoms with van der Waals surface area (Å²) in [6.45, 7) is 6.67. The first-order valence-corrected chi connectivity index (χ1v) is 12.1. The molecule has 2 aromatic carbocycles. The van der Waals surface area contributed by atoms with Crippen molar-refractivity contribution in [2.45, 2.75) is 51.5 Å². The molecule has 0 aromatic heterocycles. The van der Waals surface area contributed by atoms with Gasteiger partial charge in [-0.15, -0.1) is 0 Å². The van der Waals surface area contributed by atoms with Gasteiger partial charge in [0.05, 0.1) is 6.04 Å². The van der Waals surface area contributed by atoms with Crippen molar-refractivity contribution in [3.8, 4) is 0 Å². The molecule has 0 radical (unpaired) electrons. The molecule has 176 valence electrons. The number of hydrogen-bond acceptors (Lipinski definition) is 3. The monoisotopic (exact) mass is 451 g/mol. The lowest BCUT2D eigenvalue weighted by atomic mass is 9.94. The lowest BCUT2D eigenvalue weighted by Gasteiger charge is -2.40. The summed E-state index contributed by atoms with van der Waals surface area (Å²) in [6, 6.07) is 13.8. The Labute approximate surface area is 196 Å². The maximum absolute atomic E-state index is 13.5. The number of carbonyl (C=O) groups is 2. The van der Waals surface area contributed by atoms with Crippen LogP contribution in [0.5, 0.6) is 0 Å². The highest BCUT2D eigenvalue weighted by Crippen LogP contribution is 2.32. The molecule has 2 fully saturated rings. The van der Waals surface area contributed by atoms with Crippen LogP contribution in [0.3, 0.4) is 0 Å². The first kappa shape index (κ1) is 23.4. The summed E-state index contributed by atoms with van der Waals surface area (Å²) in [7, 11) is 0. The van der Waals surface area contributed by atoms with Gasteiger partial charge in [-0.2, -0.15) is 0 Å². The summed E-state index contributed by atoms with van der Waals surface area (Å²) in [5.74, 6) is 0.280. The summed E-state index contributed by atoms with van der Waals surface area (Å²) in [4.78, 5) is 30.2. The van der Waals surface area contributed by atoms with Gasteiger partial charge in [0, 0.05) is 37.4 Å². The molecule has 1 heterocycles. The fourth-order valence-electron chi connectivity index (χ4n) is 5.13. The Morgan fingerprint density at radius 2 is 1.64 bits per heavy atom. The minimum atomic E-state index is -0.404. The normalized spacial score (nSPS) is 18.5. The molecule has 0 spiro atoms. The molecule has 2 aliphatic rings. The average molecular weight is 452 g/mol. The molecule has 2 amide bonds. The molecule has 0 unspecified atom stereocenters. The summed E-state index contributed by atoms with van der Waals surface area (Å²) in [5.41, 5.74) is 2.45. The van der Waals surface area contributed by atoms with Gasteiger partial charge in [0.15, 0.2) is 0 Å². The maximum Gasteiger partial charge on any atom is 0.254 e. The van der Waals surface area contributed by atoms with E-state index in [0.29, 0.717) is 43.6 Å². The molecule has 0 bridgehead atoms. The van der Waals surface area contributed by atoms with Crippen LogP contribution in [0.25, 0.3) is 0 Å². The molecule has 2 aromatic rings. The number of hydrogen-bond donors (Lipinski definition) is 1. The SMILES string of the molecule is CC(C)c1ccc(NC(=O)[C@H](C2CCCC2)N2CCN(C(=O)c3cccc(F)c3)CC2)cc1. The van der Waals surface area contributed by atoms with Crippen LogP contribution in [0.1, 0.15) is 61.4 Å². The molecular formula is C27H34FN3O2. The van der Waals surface area contributed by atoms with Gasteiger partial charge >= 0.3 is 0 Å². The number of rotatable bonds is 6. The predicted octanol–water partition coefficient (Wildman–Crippen LogP) is 4.90. The van der Waals surface area contributed by atoms with Gasteiger partial charge in [0.2, 0.25) is 5.91 Å². The molecule has 1 saturated carbocycles. The lowest BCUT2D eigenvalue weighted by Crippen LogP contribution is -2.56. The van der Waals surface area contributed by atoms with Gasteiger partial charge in [0.25, 0.3) is 5.91 Å². The minimum Gasteiger partial charge on any atom is -0.336 e. The number of carbonyl (C=O) groups excluding carboxylic acids is 2. The van der Waals surface area contributed by atoms with Gasteiger partial charge in [-0.1, -0.05) is 44.9 Å². The van der Waals surface area contributed by atoms with Crippen molar-refractivity contribution in [2.75, 3.05) is 31.5 Å². The third-order valence-electron chi connectivity index (χ3n) is 7.03. The Balaban J connectivity index is 1.42. The Kier molecular flexibility index (Phi) is 7.43. The second-order valence-electron chi connectivity index (χ2n) is 9.59. The molecule has 1 atom stereocenters. The second-order valence-corrected chi connectivity index (χ2v) is 9.59. The Morgan fingerprint density at radius 3 is 2.24 bits per heavy atom. The first-order chi connectivity index (χ1) is 15.9. The number of amides is 2. The molecule has 33 heavy (non-hydrogen) atoms. The van der Waals surface area contributed by atoms with Crippen molar-refractivity contribution < 1.29 is 14.0 Å². The second kappa shape index (κ2) is 10.5. The molecule has 1 aliphatic carbocycles. The Morgan fingerprint density at radius 1 is 0.970 bits per heavy atom. The first-order valence-electron chi connectivity index (χ1n) is 12.1. The highest BCUT2D eigenvalue weighted by molar-refractivity contribution is 5.95.